The maximum absolute atomic E-state index is 12.2. The highest BCUT2D eigenvalue weighted by atomic mass is 32.2. The quantitative estimate of drug-likeness (QED) is 0.798. The fourth-order valence-corrected chi connectivity index (χ4v) is 2.79. The molecule has 1 atom stereocenters. The molecule has 16 heavy (non-hydrogen) atoms. The van der Waals surface area contributed by atoms with Gasteiger partial charge in [-0.3, -0.25) is 4.79 Å². The lowest BCUT2D eigenvalue weighted by Crippen LogP contribution is -2.41. The van der Waals surface area contributed by atoms with Crippen LogP contribution in [0.4, 0.5) is 5.82 Å². The zero-order valence-corrected chi connectivity index (χ0v) is 10.0. The lowest BCUT2D eigenvalue weighted by atomic mass is 10.2. The largest absolute Gasteiger partial charge is 0.383 e. The predicted octanol–water partition coefficient (Wildman–Crippen LogP) is 1.24. The minimum Gasteiger partial charge on any atom is -0.383 e. The van der Waals surface area contributed by atoms with Gasteiger partial charge in [-0.1, -0.05) is 6.92 Å². The third-order valence-corrected chi connectivity index (χ3v) is 3.73. The molecule has 4 nitrogen and oxygen atoms in total. The normalized spacial score (nSPS) is 20.8. The number of hydrogen-bond donors (Lipinski definition) is 1. The van der Waals surface area contributed by atoms with Crippen molar-refractivity contribution >= 4 is 23.5 Å². The Hall–Kier alpha value is -1.23. The van der Waals surface area contributed by atoms with Crippen molar-refractivity contribution in [1.82, 2.24) is 9.88 Å². The molecule has 2 rings (SSSR count). The number of hydrogen-bond acceptors (Lipinski definition) is 4. The Kier molecular flexibility index (Phi) is 3.33. The lowest BCUT2D eigenvalue weighted by Gasteiger charge is -2.30. The van der Waals surface area contributed by atoms with Gasteiger partial charge in [0.15, 0.2) is 0 Å². The summed E-state index contributed by atoms with van der Waals surface area (Å²) in [6, 6.07) is 3.48. The van der Waals surface area contributed by atoms with Gasteiger partial charge in [-0.25, -0.2) is 4.98 Å². The number of anilines is 1. The van der Waals surface area contributed by atoms with E-state index in [1.165, 1.54) is 0 Å². The van der Waals surface area contributed by atoms with Gasteiger partial charge in [0.2, 0.25) is 0 Å². The number of amides is 1. The van der Waals surface area contributed by atoms with Crippen LogP contribution in [0.3, 0.4) is 0 Å². The second-order valence-corrected chi connectivity index (χ2v) is 5.42. The maximum Gasteiger partial charge on any atom is 0.257 e. The first kappa shape index (κ1) is 11.3. The third-order valence-electron chi connectivity index (χ3n) is 2.60. The number of aromatic nitrogens is 1. The Labute approximate surface area is 99.2 Å². The predicted molar refractivity (Wildman–Crippen MR) is 66.5 cm³/mol. The number of nitrogens with two attached hydrogens (primary N) is 1. The van der Waals surface area contributed by atoms with Crippen molar-refractivity contribution < 1.29 is 4.79 Å². The molecule has 86 valence electrons. The van der Waals surface area contributed by atoms with E-state index in [0.717, 1.165) is 18.8 Å². The average Bonchev–Trinajstić information content (AvgIpc) is 2.29. The smallest absolute Gasteiger partial charge is 0.257 e. The molecule has 0 aromatic carbocycles. The molecule has 0 saturated carbocycles. The topological polar surface area (TPSA) is 59.2 Å². The van der Waals surface area contributed by atoms with Crippen LogP contribution >= 0.6 is 11.8 Å². The Morgan fingerprint density at radius 1 is 1.69 bits per heavy atom. The molecule has 0 spiro atoms. The molecule has 1 aromatic heterocycles. The van der Waals surface area contributed by atoms with E-state index in [9.17, 15) is 4.79 Å². The van der Waals surface area contributed by atoms with E-state index < -0.39 is 0 Å². The number of carbonyl (C=O) groups is 1. The summed E-state index contributed by atoms with van der Waals surface area (Å²) in [6.07, 6.45) is 1.60. The highest BCUT2D eigenvalue weighted by Gasteiger charge is 2.23. The van der Waals surface area contributed by atoms with Gasteiger partial charge < -0.3 is 10.6 Å². The molecular weight excluding hydrogens is 222 g/mol. The van der Waals surface area contributed by atoms with Gasteiger partial charge in [-0.2, -0.15) is 11.8 Å². The molecule has 0 aliphatic carbocycles. The molecule has 1 aromatic rings. The minimum atomic E-state index is -0.00208. The van der Waals surface area contributed by atoms with Crippen molar-refractivity contribution in [3.8, 4) is 0 Å². The molecular formula is C11H15N3OS. The van der Waals surface area contributed by atoms with Crippen molar-refractivity contribution in [1.29, 1.82) is 0 Å². The highest BCUT2D eigenvalue weighted by molar-refractivity contribution is 7.99. The first-order valence-electron chi connectivity index (χ1n) is 5.30. The summed E-state index contributed by atoms with van der Waals surface area (Å²) < 4.78 is 0. The molecule has 1 aliphatic rings. The number of carbonyl (C=O) groups excluding carboxylic acids is 1. The highest BCUT2D eigenvalue weighted by Crippen LogP contribution is 2.20. The van der Waals surface area contributed by atoms with Crippen LogP contribution in [0.25, 0.3) is 0 Å². The fraction of sp³-hybridized carbons (Fsp3) is 0.455. The summed E-state index contributed by atoms with van der Waals surface area (Å²) in [5.74, 6) is 1.31. The number of nitrogens with zero attached hydrogens (tertiary/aromatic N) is 2. The van der Waals surface area contributed by atoms with E-state index in [0.29, 0.717) is 16.6 Å². The van der Waals surface area contributed by atoms with Gasteiger partial charge >= 0.3 is 0 Å². The number of nitrogen functional groups attached to an aromatic ring is 1. The molecule has 5 heteroatoms. The van der Waals surface area contributed by atoms with Gasteiger partial charge in [0.25, 0.3) is 5.91 Å². The van der Waals surface area contributed by atoms with Crippen LogP contribution in [0.2, 0.25) is 0 Å². The maximum atomic E-state index is 12.2. The van der Waals surface area contributed by atoms with Gasteiger partial charge in [0.1, 0.15) is 5.82 Å². The van der Waals surface area contributed by atoms with Crippen molar-refractivity contribution in [2.75, 3.05) is 24.6 Å². The van der Waals surface area contributed by atoms with E-state index >= 15 is 0 Å². The van der Waals surface area contributed by atoms with Gasteiger partial charge in [-0.05, 0) is 12.1 Å². The molecule has 2 heterocycles. The molecule has 2 N–H and O–H groups in total. The summed E-state index contributed by atoms with van der Waals surface area (Å²) in [7, 11) is 0. The molecule has 1 saturated heterocycles. The zero-order valence-electron chi connectivity index (χ0n) is 9.22. The first-order valence-corrected chi connectivity index (χ1v) is 6.34. The Bertz CT molecular complexity index is 397. The lowest BCUT2D eigenvalue weighted by molar-refractivity contribution is 0.0764. The van der Waals surface area contributed by atoms with Crippen LogP contribution in [0.5, 0.6) is 0 Å². The molecule has 1 amide bonds. The Morgan fingerprint density at radius 2 is 2.50 bits per heavy atom. The van der Waals surface area contributed by atoms with Crippen LogP contribution in [0.15, 0.2) is 18.3 Å². The van der Waals surface area contributed by atoms with Crippen LogP contribution in [0, 0.1) is 0 Å². The Morgan fingerprint density at radius 3 is 3.19 bits per heavy atom. The Balaban J connectivity index is 2.16. The third kappa shape index (κ3) is 2.29. The zero-order chi connectivity index (χ0) is 11.5. The summed E-state index contributed by atoms with van der Waals surface area (Å²) in [5.41, 5.74) is 6.21. The van der Waals surface area contributed by atoms with Crippen LogP contribution in [-0.2, 0) is 0 Å². The van der Waals surface area contributed by atoms with Gasteiger partial charge in [0, 0.05) is 30.3 Å². The standard InChI is InChI=1S/C11H15N3OS/c1-8-7-14(5-6-16-8)11(15)9-3-2-4-13-10(9)12/h2-4,8H,5-7H2,1H3,(H2,12,13). The number of pyridine rings is 1. The van der Waals surface area contributed by atoms with Crippen molar-refractivity contribution in [3.05, 3.63) is 23.9 Å². The summed E-state index contributed by atoms with van der Waals surface area (Å²) in [6.45, 7) is 3.72. The van der Waals surface area contributed by atoms with Crippen molar-refractivity contribution in [2.24, 2.45) is 0 Å². The molecule has 0 radical (unpaired) electrons. The molecule has 1 unspecified atom stereocenters. The van der Waals surface area contributed by atoms with E-state index in [-0.39, 0.29) is 5.91 Å². The molecule has 1 aliphatic heterocycles. The van der Waals surface area contributed by atoms with E-state index in [1.54, 1.807) is 18.3 Å². The van der Waals surface area contributed by atoms with Crippen LogP contribution in [-0.4, -0.2) is 39.9 Å². The van der Waals surface area contributed by atoms with Gasteiger partial charge in [0.05, 0.1) is 5.56 Å². The first-order chi connectivity index (χ1) is 7.68. The summed E-state index contributed by atoms with van der Waals surface area (Å²) in [5, 5.41) is 0.496. The second-order valence-electron chi connectivity index (χ2n) is 3.87. The van der Waals surface area contributed by atoms with E-state index in [2.05, 4.69) is 11.9 Å². The number of rotatable bonds is 1. The fourth-order valence-electron chi connectivity index (χ4n) is 1.77. The minimum absolute atomic E-state index is 0.00208. The molecule has 0 bridgehead atoms. The average molecular weight is 237 g/mol. The van der Waals surface area contributed by atoms with E-state index in [4.69, 9.17) is 5.73 Å². The monoisotopic (exact) mass is 237 g/mol. The van der Waals surface area contributed by atoms with Crippen molar-refractivity contribution in [3.63, 3.8) is 0 Å². The summed E-state index contributed by atoms with van der Waals surface area (Å²) >= 11 is 1.90. The molecule has 1 fully saturated rings. The summed E-state index contributed by atoms with van der Waals surface area (Å²) in [4.78, 5) is 18.0. The van der Waals surface area contributed by atoms with Crippen LogP contribution < -0.4 is 5.73 Å². The van der Waals surface area contributed by atoms with Crippen molar-refractivity contribution in [2.45, 2.75) is 12.2 Å². The number of thioether (sulfide) groups is 1. The SMILES string of the molecule is CC1CN(C(=O)c2cccnc2N)CCS1. The second kappa shape index (κ2) is 4.74. The van der Waals surface area contributed by atoms with Crippen LogP contribution in [0.1, 0.15) is 17.3 Å². The van der Waals surface area contributed by atoms with Gasteiger partial charge in [-0.15, -0.1) is 0 Å². The van der Waals surface area contributed by atoms with E-state index in [1.807, 2.05) is 16.7 Å².